The number of halogens is 1. The van der Waals surface area contributed by atoms with Gasteiger partial charge in [-0.25, -0.2) is 5.84 Å². The molecule has 11 heteroatoms. The van der Waals surface area contributed by atoms with Crippen LogP contribution < -0.4 is 31.4 Å². The molecular formula is C17H23ClN6O4. The number of nitrogens with one attached hydrogen (secondary N) is 3. The monoisotopic (exact) mass is 410 g/mol. The fraction of sp³-hybridized carbons (Fsp3) is 0.353. The number of aliphatic hydroxyl groups is 1. The first-order chi connectivity index (χ1) is 13.6. The molecule has 0 bridgehead atoms. The molecule has 1 atom stereocenters. The van der Waals surface area contributed by atoms with Gasteiger partial charge in [0.05, 0.1) is 5.02 Å². The van der Waals surface area contributed by atoms with E-state index in [0.717, 1.165) is 0 Å². The van der Waals surface area contributed by atoms with Crippen LogP contribution in [0.5, 0.6) is 11.6 Å². The molecule has 2 rings (SSSR count). The van der Waals surface area contributed by atoms with Gasteiger partial charge in [-0.2, -0.15) is 0 Å². The Kier molecular flexibility index (Phi) is 9.22. The number of carbonyl (C=O) groups excluding carboxylic acids is 1. The number of benzene rings is 1. The number of nitrogens with zero attached hydrogens (tertiary/aromatic N) is 2. The number of anilines is 1. The van der Waals surface area contributed by atoms with Crippen LogP contribution in [0.25, 0.3) is 0 Å². The van der Waals surface area contributed by atoms with Gasteiger partial charge in [-0.1, -0.05) is 23.7 Å². The zero-order valence-electron chi connectivity index (χ0n) is 15.1. The van der Waals surface area contributed by atoms with Crippen LogP contribution >= 0.6 is 11.6 Å². The molecule has 2 aromatic rings. The molecule has 0 fully saturated rings. The number of ether oxygens (including phenoxy) is 2. The Hall–Kier alpha value is -2.66. The molecule has 0 saturated heterocycles. The molecule has 28 heavy (non-hydrogen) atoms. The summed E-state index contributed by atoms with van der Waals surface area (Å²) in [5.74, 6) is 6.01. The van der Waals surface area contributed by atoms with Crippen molar-refractivity contribution in [3.05, 3.63) is 41.4 Å². The molecule has 152 valence electrons. The van der Waals surface area contributed by atoms with Crippen molar-refractivity contribution in [3.8, 4) is 11.6 Å². The highest BCUT2D eigenvalue weighted by molar-refractivity contribution is 6.32. The van der Waals surface area contributed by atoms with Crippen molar-refractivity contribution in [2.24, 2.45) is 5.84 Å². The molecule has 0 radical (unpaired) electrons. The zero-order chi connectivity index (χ0) is 20.2. The Balaban J connectivity index is 1.52. The number of hydrogen-bond donors (Lipinski definition) is 5. The molecule has 1 unspecified atom stereocenters. The fourth-order valence-corrected chi connectivity index (χ4v) is 2.22. The van der Waals surface area contributed by atoms with E-state index in [-0.39, 0.29) is 25.0 Å². The SMILES string of the molecule is NNc1ccc(OCC(=O)NCCNCC(O)COc2ccccc2Cl)nn1. The van der Waals surface area contributed by atoms with Crippen molar-refractivity contribution in [1.29, 1.82) is 0 Å². The van der Waals surface area contributed by atoms with Crippen LogP contribution in [0.1, 0.15) is 0 Å². The van der Waals surface area contributed by atoms with E-state index < -0.39 is 6.10 Å². The van der Waals surface area contributed by atoms with Crippen LogP contribution in [0.4, 0.5) is 5.82 Å². The van der Waals surface area contributed by atoms with E-state index in [0.29, 0.717) is 36.2 Å². The molecule has 0 saturated carbocycles. The maximum atomic E-state index is 11.7. The lowest BCUT2D eigenvalue weighted by molar-refractivity contribution is -0.123. The lowest BCUT2D eigenvalue weighted by atomic mass is 10.3. The van der Waals surface area contributed by atoms with Crippen LogP contribution in [0, 0.1) is 0 Å². The molecule has 0 aliphatic rings. The first kappa shape index (κ1) is 21.6. The summed E-state index contributed by atoms with van der Waals surface area (Å²) < 4.78 is 10.7. The van der Waals surface area contributed by atoms with Crippen LogP contribution in [0.3, 0.4) is 0 Å². The van der Waals surface area contributed by atoms with Crippen molar-refractivity contribution in [2.45, 2.75) is 6.10 Å². The highest BCUT2D eigenvalue weighted by Gasteiger charge is 2.07. The highest BCUT2D eigenvalue weighted by atomic mass is 35.5. The van der Waals surface area contributed by atoms with Gasteiger partial charge in [-0.3, -0.25) is 4.79 Å². The molecule has 1 heterocycles. The Morgan fingerprint density at radius 2 is 2.00 bits per heavy atom. The van der Waals surface area contributed by atoms with Crippen molar-refractivity contribution in [1.82, 2.24) is 20.8 Å². The van der Waals surface area contributed by atoms with Crippen molar-refractivity contribution >= 4 is 23.3 Å². The summed E-state index contributed by atoms with van der Waals surface area (Å²) in [5, 5.41) is 23.5. The summed E-state index contributed by atoms with van der Waals surface area (Å²) in [6.07, 6.45) is -0.708. The second-order valence-corrected chi connectivity index (χ2v) is 6.05. The van der Waals surface area contributed by atoms with Gasteiger partial charge < -0.3 is 30.6 Å². The van der Waals surface area contributed by atoms with Crippen LogP contribution in [0.15, 0.2) is 36.4 Å². The van der Waals surface area contributed by atoms with Gasteiger partial charge in [0.15, 0.2) is 12.4 Å². The molecular weight excluding hydrogens is 388 g/mol. The Bertz CT molecular complexity index is 734. The van der Waals surface area contributed by atoms with Crippen LogP contribution in [-0.4, -0.2) is 60.2 Å². The zero-order valence-corrected chi connectivity index (χ0v) is 15.9. The molecule has 1 aromatic heterocycles. The third kappa shape index (κ3) is 7.92. The summed E-state index contributed by atoms with van der Waals surface area (Å²) in [4.78, 5) is 11.7. The molecule has 0 aliphatic carbocycles. The second-order valence-electron chi connectivity index (χ2n) is 5.64. The number of carbonyl (C=O) groups is 1. The van der Waals surface area contributed by atoms with Crippen LogP contribution in [-0.2, 0) is 4.79 Å². The third-order valence-corrected chi connectivity index (χ3v) is 3.72. The van der Waals surface area contributed by atoms with E-state index in [1.807, 2.05) is 0 Å². The largest absolute Gasteiger partial charge is 0.489 e. The summed E-state index contributed by atoms with van der Waals surface area (Å²) in [5.41, 5.74) is 2.34. The van der Waals surface area contributed by atoms with E-state index in [2.05, 4.69) is 26.3 Å². The van der Waals surface area contributed by atoms with Gasteiger partial charge in [0.1, 0.15) is 18.5 Å². The first-order valence-corrected chi connectivity index (χ1v) is 8.92. The minimum atomic E-state index is -0.708. The number of hydrazine groups is 1. The Morgan fingerprint density at radius 3 is 2.71 bits per heavy atom. The highest BCUT2D eigenvalue weighted by Crippen LogP contribution is 2.22. The lowest BCUT2D eigenvalue weighted by Gasteiger charge is -2.14. The van der Waals surface area contributed by atoms with Crippen molar-refractivity contribution in [3.63, 3.8) is 0 Å². The van der Waals surface area contributed by atoms with Crippen LogP contribution in [0.2, 0.25) is 5.02 Å². The number of para-hydroxylation sites is 1. The molecule has 1 aromatic carbocycles. The summed E-state index contributed by atoms with van der Waals surface area (Å²) in [6.45, 7) is 1.09. The van der Waals surface area contributed by atoms with E-state index >= 15 is 0 Å². The predicted molar refractivity (Wildman–Crippen MR) is 104 cm³/mol. The standard InChI is InChI=1S/C17H23ClN6O4/c18-13-3-1-2-4-14(13)27-10-12(25)9-20-7-8-21-16(26)11-28-17-6-5-15(22-19)23-24-17/h1-6,12,20,25H,7-11,19H2,(H,21,26)(H,22,23). The first-order valence-electron chi connectivity index (χ1n) is 8.54. The maximum Gasteiger partial charge on any atom is 0.258 e. The molecule has 1 amide bonds. The quantitative estimate of drug-likeness (QED) is 0.184. The van der Waals surface area contributed by atoms with Gasteiger partial charge in [-0.05, 0) is 18.2 Å². The average Bonchev–Trinajstić information content (AvgIpc) is 2.71. The maximum absolute atomic E-state index is 11.7. The van der Waals surface area contributed by atoms with Gasteiger partial charge in [0.2, 0.25) is 5.88 Å². The predicted octanol–water partition coefficient (Wildman–Crippen LogP) is -0.0599. The molecule has 0 aliphatic heterocycles. The van der Waals surface area contributed by atoms with E-state index in [4.69, 9.17) is 26.9 Å². The number of rotatable bonds is 12. The van der Waals surface area contributed by atoms with E-state index in [9.17, 15) is 9.90 Å². The topological polar surface area (TPSA) is 144 Å². The van der Waals surface area contributed by atoms with Crippen molar-refractivity contribution < 1.29 is 19.4 Å². The van der Waals surface area contributed by atoms with E-state index in [1.54, 1.807) is 36.4 Å². The number of nitrogen functional groups attached to an aromatic ring is 1. The Labute approximate surface area is 167 Å². The van der Waals surface area contributed by atoms with Gasteiger partial charge >= 0.3 is 0 Å². The number of hydrogen-bond acceptors (Lipinski definition) is 9. The Morgan fingerprint density at radius 1 is 1.18 bits per heavy atom. The fourth-order valence-electron chi connectivity index (χ4n) is 2.03. The number of nitrogens with two attached hydrogens (primary N) is 1. The van der Waals surface area contributed by atoms with E-state index in [1.165, 1.54) is 0 Å². The molecule has 6 N–H and O–H groups in total. The number of aliphatic hydroxyl groups excluding tert-OH is 1. The summed E-state index contributed by atoms with van der Waals surface area (Å²) in [6, 6.07) is 10.2. The van der Waals surface area contributed by atoms with Gasteiger partial charge in [-0.15, -0.1) is 10.2 Å². The van der Waals surface area contributed by atoms with Crippen molar-refractivity contribution in [2.75, 3.05) is 38.3 Å². The lowest BCUT2D eigenvalue weighted by Crippen LogP contribution is -2.38. The molecule has 10 nitrogen and oxygen atoms in total. The van der Waals surface area contributed by atoms with Gasteiger partial charge in [0.25, 0.3) is 5.91 Å². The van der Waals surface area contributed by atoms with Gasteiger partial charge in [0, 0.05) is 25.7 Å². The second kappa shape index (κ2) is 11.9. The smallest absolute Gasteiger partial charge is 0.258 e. The minimum absolute atomic E-state index is 0.108. The summed E-state index contributed by atoms with van der Waals surface area (Å²) in [7, 11) is 0. The third-order valence-electron chi connectivity index (χ3n) is 3.41. The summed E-state index contributed by atoms with van der Waals surface area (Å²) >= 11 is 5.97. The minimum Gasteiger partial charge on any atom is -0.489 e. The molecule has 0 spiro atoms. The number of amides is 1. The normalized spacial score (nSPS) is 11.5. The number of aromatic nitrogens is 2. The average molecular weight is 411 g/mol.